The molecule has 7 nitrogen and oxygen atoms in total. The maximum atomic E-state index is 12.2. The van der Waals surface area contributed by atoms with E-state index in [9.17, 15) is 14.4 Å². The first-order valence-electron chi connectivity index (χ1n) is 8.70. The van der Waals surface area contributed by atoms with Crippen LogP contribution < -0.4 is 16.0 Å². The Kier molecular flexibility index (Phi) is 7.61. The van der Waals surface area contributed by atoms with E-state index in [4.69, 9.17) is 5.11 Å². The van der Waals surface area contributed by atoms with Gasteiger partial charge in [-0.05, 0) is 56.9 Å². The van der Waals surface area contributed by atoms with Gasteiger partial charge < -0.3 is 21.1 Å². The van der Waals surface area contributed by atoms with E-state index in [-0.39, 0.29) is 12.3 Å². The number of carboxylic acid groups (broad SMARTS) is 1. The number of nitrogens with one attached hydrogen (secondary N) is 3. The topological polar surface area (TPSA) is 108 Å². The maximum absolute atomic E-state index is 12.2. The lowest BCUT2D eigenvalue weighted by Gasteiger charge is -2.26. The highest BCUT2D eigenvalue weighted by atomic mass is 16.4. The Labute approximate surface area is 154 Å². The van der Waals surface area contributed by atoms with Gasteiger partial charge in [0.15, 0.2) is 0 Å². The van der Waals surface area contributed by atoms with Crippen molar-refractivity contribution < 1.29 is 19.5 Å². The standard InChI is InChI=1S/C19H29N3O4/c1-12(2)11-20-17(25)14-6-7-15(13(3)10-14)21-18(26)22-19(4,5)9-8-16(23)24/h6-7,10,12H,8-9,11H2,1-5H3,(H,20,25)(H,23,24)(H2,21,22,26). The second-order valence-electron chi connectivity index (χ2n) is 7.49. The minimum absolute atomic E-state index is 0.0213. The molecule has 3 amide bonds. The monoisotopic (exact) mass is 363 g/mol. The van der Waals surface area contributed by atoms with Crippen LogP contribution in [0.3, 0.4) is 0 Å². The average Bonchev–Trinajstić information content (AvgIpc) is 2.52. The van der Waals surface area contributed by atoms with Crippen LogP contribution in [0.4, 0.5) is 10.5 Å². The number of aliphatic carboxylic acids is 1. The van der Waals surface area contributed by atoms with Crippen molar-refractivity contribution >= 4 is 23.6 Å². The molecule has 0 fully saturated rings. The molecular formula is C19H29N3O4. The number of benzene rings is 1. The first-order chi connectivity index (χ1) is 12.0. The molecule has 26 heavy (non-hydrogen) atoms. The van der Waals surface area contributed by atoms with E-state index in [1.165, 1.54) is 0 Å². The fourth-order valence-corrected chi connectivity index (χ4v) is 2.29. The van der Waals surface area contributed by atoms with Crippen LogP contribution in [0.15, 0.2) is 18.2 Å². The quantitative estimate of drug-likeness (QED) is 0.569. The Bertz CT molecular complexity index is 669. The van der Waals surface area contributed by atoms with Crippen molar-refractivity contribution in [2.75, 3.05) is 11.9 Å². The molecule has 7 heteroatoms. The molecule has 0 heterocycles. The summed E-state index contributed by atoms with van der Waals surface area (Å²) >= 11 is 0. The normalized spacial score (nSPS) is 11.2. The number of urea groups is 1. The third kappa shape index (κ3) is 7.55. The van der Waals surface area contributed by atoms with Crippen LogP contribution >= 0.6 is 0 Å². The lowest BCUT2D eigenvalue weighted by atomic mass is 9.99. The first-order valence-corrected chi connectivity index (χ1v) is 8.70. The molecule has 0 aliphatic carbocycles. The Hall–Kier alpha value is -2.57. The number of hydrogen-bond acceptors (Lipinski definition) is 3. The van der Waals surface area contributed by atoms with E-state index in [0.29, 0.717) is 30.1 Å². The number of carbonyl (C=O) groups excluding carboxylic acids is 2. The zero-order chi connectivity index (χ0) is 19.9. The summed E-state index contributed by atoms with van der Waals surface area (Å²) in [6.45, 7) is 10.00. The van der Waals surface area contributed by atoms with E-state index in [0.717, 1.165) is 5.56 Å². The number of rotatable bonds is 8. The van der Waals surface area contributed by atoms with Crippen LogP contribution in [0.1, 0.15) is 56.5 Å². The molecule has 0 saturated carbocycles. The van der Waals surface area contributed by atoms with Gasteiger partial charge in [-0.1, -0.05) is 13.8 Å². The van der Waals surface area contributed by atoms with Crippen molar-refractivity contribution in [1.82, 2.24) is 10.6 Å². The number of aryl methyl sites for hydroxylation is 1. The number of hydrogen-bond donors (Lipinski definition) is 4. The van der Waals surface area contributed by atoms with Crippen LogP contribution in [0.5, 0.6) is 0 Å². The van der Waals surface area contributed by atoms with Crippen LogP contribution in [0.25, 0.3) is 0 Å². The fourth-order valence-electron chi connectivity index (χ4n) is 2.29. The predicted octanol–water partition coefficient (Wildman–Crippen LogP) is 3.15. The van der Waals surface area contributed by atoms with Gasteiger partial charge in [0.1, 0.15) is 0 Å². The number of carbonyl (C=O) groups is 3. The third-order valence-electron chi connectivity index (χ3n) is 3.82. The SMILES string of the molecule is Cc1cc(C(=O)NCC(C)C)ccc1NC(=O)NC(C)(C)CCC(=O)O. The van der Waals surface area contributed by atoms with Crippen LogP contribution in [-0.4, -0.2) is 35.1 Å². The Morgan fingerprint density at radius 1 is 1.19 bits per heavy atom. The van der Waals surface area contributed by atoms with Gasteiger partial charge in [0, 0.05) is 29.8 Å². The van der Waals surface area contributed by atoms with Crippen molar-refractivity contribution in [2.24, 2.45) is 5.92 Å². The molecule has 0 aliphatic heterocycles. The zero-order valence-corrected chi connectivity index (χ0v) is 16.1. The molecule has 0 saturated heterocycles. The lowest BCUT2D eigenvalue weighted by molar-refractivity contribution is -0.137. The summed E-state index contributed by atoms with van der Waals surface area (Å²) in [5.41, 5.74) is 1.25. The van der Waals surface area contributed by atoms with Crippen LogP contribution in [0, 0.1) is 12.8 Å². The highest BCUT2D eigenvalue weighted by Crippen LogP contribution is 2.18. The van der Waals surface area contributed by atoms with E-state index in [1.54, 1.807) is 32.0 Å². The summed E-state index contributed by atoms with van der Waals surface area (Å²) in [4.78, 5) is 34.9. The maximum Gasteiger partial charge on any atom is 0.319 e. The van der Waals surface area contributed by atoms with Crippen LogP contribution in [-0.2, 0) is 4.79 Å². The molecule has 0 radical (unpaired) electrons. The van der Waals surface area contributed by atoms with Gasteiger partial charge in [0.05, 0.1) is 0 Å². The Balaban J connectivity index is 2.68. The highest BCUT2D eigenvalue weighted by molar-refractivity contribution is 5.96. The second-order valence-corrected chi connectivity index (χ2v) is 7.49. The zero-order valence-electron chi connectivity index (χ0n) is 16.1. The summed E-state index contributed by atoms with van der Waals surface area (Å²) in [7, 11) is 0. The molecule has 144 valence electrons. The van der Waals surface area contributed by atoms with Crippen molar-refractivity contribution in [3.8, 4) is 0 Å². The third-order valence-corrected chi connectivity index (χ3v) is 3.82. The van der Waals surface area contributed by atoms with Crippen LogP contribution in [0.2, 0.25) is 0 Å². The smallest absolute Gasteiger partial charge is 0.319 e. The molecule has 0 spiro atoms. The summed E-state index contributed by atoms with van der Waals surface area (Å²) in [5, 5.41) is 17.1. The van der Waals surface area contributed by atoms with Crippen molar-refractivity contribution in [3.63, 3.8) is 0 Å². The summed E-state index contributed by atoms with van der Waals surface area (Å²) in [6, 6.07) is 4.65. The first kappa shape index (κ1) is 21.5. The molecule has 0 aliphatic rings. The number of carboxylic acids is 1. The lowest BCUT2D eigenvalue weighted by Crippen LogP contribution is -2.45. The molecular weight excluding hydrogens is 334 g/mol. The molecule has 1 aromatic carbocycles. The van der Waals surface area contributed by atoms with Crippen molar-refractivity contribution in [2.45, 2.75) is 53.0 Å². The fraction of sp³-hybridized carbons (Fsp3) is 0.526. The van der Waals surface area contributed by atoms with Crippen molar-refractivity contribution in [3.05, 3.63) is 29.3 Å². The summed E-state index contributed by atoms with van der Waals surface area (Å²) in [5.74, 6) is -0.677. The summed E-state index contributed by atoms with van der Waals surface area (Å²) in [6.07, 6.45) is 0.302. The van der Waals surface area contributed by atoms with Gasteiger partial charge in [0.2, 0.25) is 0 Å². The molecule has 4 N–H and O–H groups in total. The number of anilines is 1. The molecule has 1 rings (SSSR count). The van der Waals surface area contributed by atoms with E-state index >= 15 is 0 Å². The Morgan fingerprint density at radius 2 is 1.85 bits per heavy atom. The van der Waals surface area contributed by atoms with Gasteiger partial charge >= 0.3 is 12.0 Å². The van der Waals surface area contributed by atoms with Gasteiger partial charge in [0.25, 0.3) is 5.91 Å². The Morgan fingerprint density at radius 3 is 2.38 bits per heavy atom. The molecule has 1 aromatic rings. The predicted molar refractivity (Wildman–Crippen MR) is 101 cm³/mol. The minimum Gasteiger partial charge on any atom is -0.481 e. The highest BCUT2D eigenvalue weighted by Gasteiger charge is 2.22. The van der Waals surface area contributed by atoms with E-state index < -0.39 is 17.5 Å². The van der Waals surface area contributed by atoms with Gasteiger partial charge in [-0.25, -0.2) is 4.79 Å². The van der Waals surface area contributed by atoms with E-state index in [1.807, 2.05) is 20.8 Å². The van der Waals surface area contributed by atoms with Gasteiger partial charge in [-0.15, -0.1) is 0 Å². The van der Waals surface area contributed by atoms with E-state index in [2.05, 4.69) is 16.0 Å². The largest absolute Gasteiger partial charge is 0.481 e. The average molecular weight is 363 g/mol. The summed E-state index contributed by atoms with van der Waals surface area (Å²) < 4.78 is 0. The second kappa shape index (κ2) is 9.22. The minimum atomic E-state index is -0.901. The van der Waals surface area contributed by atoms with Gasteiger partial charge in [-0.3, -0.25) is 9.59 Å². The van der Waals surface area contributed by atoms with Gasteiger partial charge in [-0.2, -0.15) is 0 Å². The molecule has 0 bridgehead atoms. The molecule has 0 aromatic heterocycles. The van der Waals surface area contributed by atoms with Crippen molar-refractivity contribution in [1.29, 1.82) is 0 Å². The number of amides is 3. The molecule has 0 atom stereocenters. The molecule has 0 unspecified atom stereocenters.